The average molecular weight is 332 g/mol. The van der Waals surface area contributed by atoms with Crippen LogP contribution in [0.2, 0.25) is 0 Å². The van der Waals surface area contributed by atoms with Crippen LogP contribution in [0.15, 0.2) is 21.7 Å². The predicted octanol–water partition coefficient (Wildman–Crippen LogP) is 2.04. The molecule has 1 unspecified atom stereocenters. The maximum absolute atomic E-state index is 12.1. The number of nitrogens with zero attached hydrogens (tertiary/aromatic N) is 1. The number of thiophene rings is 1. The Morgan fingerprint density at radius 3 is 2.76 bits per heavy atom. The Morgan fingerprint density at radius 2 is 2.19 bits per heavy atom. The molecule has 1 atom stereocenters. The van der Waals surface area contributed by atoms with E-state index in [4.69, 9.17) is 4.74 Å². The Hall–Kier alpha value is -1.12. The Morgan fingerprint density at radius 1 is 1.48 bits per heavy atom. The third kappa shape index (κ3) is 4.42. The molecule has 1 aromatic heterocycles. The van der Waals surface area contributed by atoms with E-state index in [1.54, 1.807) is 38.3 Å². The summed E-state index contributed by atoms with van der Waals surface area (Å²) >= 11 is 1.17. The number of carbonyl (C=O) groups is 1. The molecule has 1 saturated heterocycles. The van der Waals surface area contributed by atoms with Crippen molar-refractivity contribution in [2.24, 2.45) is 0 Å². The van der Waals surface area contributed by atoms with Crippen molar-refractivity contribution >= 4 is 27.5 Å². The van der Waals surface area contributed by atoms with Crippen molar-refractivity contribution in [3.05, 3.63) is 17.5 Å². The Bertz CT molecular complexity index is 590. The number of sulfonamides is 1. The maximum Gasteiger partial charge on any atom is 0.410 e. The van der Waals surface area contributed by atoms with E-state index < -0.39 is 21.7 Å². The van der Waals surface area contributed by atoms with Gasteiger partial charge in [0.25, 0.3) is 0 Å². The number of carbonyl (C=O) groups excluding carboxylic acids is 1. The summed E-state index contributed by atoms with van der Waals surface area (Å²) in [5, 5.41) is 1.72. The first-order chi connectivity index (χ1) is 9.67. The van der Waals surface area contributed by atoms with Crippen molar-refractivity contribution in [2.75, 3.05) is 13.1 Å². The first kappa shape index (κ1) is 16.3. The van der Waals surface area contributed by atoms with E-state index in [-0.39, 0.29) is 6.04 Å². The van der Waals surface area contributed by atoms with Crippen molar-refractivity contribution in [3.63, 3.8) is 0 Å². The minimum atomic E-state index is -3.49. The van der Waals surface area contributed by atoms with Gasteiger partial charge in [-0.05, 0) is 38.6 Å². The molecule has 1 fully saturated rings. The van der Waals surface area contributed by atoms with Gasteiger partial charge in [-0.15, -0.1) is 11.3 Å². The van der Waals surface area contributed by atoms with Gasteiger partial charge in [-0.2, -0.15) is 0 Å². The lowest BCUT2D eigenvalue weighted by molar-refractivity contribution is 0.0292. The molecule has 1 aromatic rings. The summed E-state index contributed by atoms with van der Waals surface area (Å²) in [5.41, 5.74) is -0.550. The molecule has 0 aliphatic carbocycles. The first-order valence-electron chi connectivity index (χ1n) is 6.71. The highest BCUT2D eigenvalue weighted by Crippen LogP contribution is 2.19. The van der Waals surface area contributed by atoms with Crippen LogP contribution in [-0.4, -0.2) is 44.1 Å². The van der Waals surface area contributed by atoms with Gasteiger partial charge >= 0.3 is 6.09 Å². The van der Waals surface area contributed by atoms with Gasteiger partial charge in [0.15, 0.2) is 0 Å². The SMILES string of the molecule is CC(C)(C)OC(=O)N1CCC(NS(=O)(=O)c2cccs2)C1. The molecule has 0 radical (unpaired) electrons. The zero-order valence-corrected chi connectivity index (χ0v) is 14.0. The lowest BCUT2D eigenvalue weighted by Gasteiger charge is -2.24. The second kappa shape index (κ2) is 5.94. The first-order valence-corrected chi connectivity index (χ1v) is 9.07. The molecule has 2 heterocycles. The second-order valence-electron chi connectivity index (χ2n) is 5.97. The van der Waals surface area contributed by atoms with Gasteiger partial charge in [0.05, 0.1) is 0 Å². The molecule has 8 heteroatoms. The summed E-state index contributed by atoms with van der Waals surface area (Å²) < 4.78 is 32.5. The van der Waals surface area contributed by atoms with Crippen molar-refractivity contribution in [1.82, 2.24) is 9.62 Å². The Labute approximate surface area is 129 Å². The van der Waals surface area contributed by atoms with E-state index in [2.05, 4.69) is 4.72 Å². The zero-order chi connectivity index (χ0) is 15.7. The van der Waals surface area contributed by atoms with E-state index in [9.17, 15) is 13.2 Å². The number of hydrogen-bond acceptors (Lipinski definition) is 5. The number of nitrogens with one attached hydrogen (secondary N) is 1. The summed E-state index contributed by atoms with van der Waals surface area (Å²) in [6.07, 6.45) is 0.185. The van der Waals surface area contributed by atoms with Gasteiger partial charge in [0.2, 0.25) is 10.0 Å². The topological polar surface area (TPSA) is 75.7 Å². The summed E-state index contributed by atoms with van der Waals surface area (Å²) in [7, 11) is -3.49. The largest absolute Gasteiger partial charge is 0.444 e. The standard InChI is InChI=1S/C13H20N2O4S2/c1-13(2,3)19-12(16)15-7-6-10(9-15)14-21(17,18)11-5-4-8-20-11/h4-5,8,10,14H,6-7,9H2,1-3H3. The number of likely N-dealkylation sites (tertiary alicyclic amines) is 1. The van der Waals surface area contributed by atoms with Crippen LogP contribution in [0.3, 0.4) is 0 Å². The van der Waals surface area contributed by atoms with Crippen molar-refractivity contribution in [2.45, 2.75) is 43.0 Å². The summed E-state index contributed by atoms with van der Waals surface area (Å²) in [6.45, 7) is 6.24. The molecule has 118 valence electrons. The molecule has 1 amide bonds. The molecule has 1 aliphatic heterocycles. The average Bonchev–Trinajstić information content (AvgIpc) is 2.95. The minimum absolute atomic E-state index is 0.274. The van der Waals surface area contributed by atoms with Crippen LogP contribution in [0.4, 0.5) is 4.79 Å². The van der Waals surface area contributed by atoms with Gasteiger partial charge in [-0.1, -0.05) is 6.07 Å². The van der Waals surface area contributed by atoms with Crippen LogP contribution in [0.1, 0.15) is 27.2 Å². The summed E-state index contributed by atoms with van der Waals surface area (Å²) in [5.74, 6) is 0. The van der Waals surface area contributed by atoms with Gasteiger partial charge in [-0.25, -0.2) is 17.9 Å². The van der Waals surface area contributed by atoms with E-state index in [1.807, 2.05) is 0 Å². The smallest absolute Gasteiger partial charge is 0.410 e. The number of amides is 1. The normalized spacial score (nSPS) is 19.8. The molecule has 1 N–H and O–H groups in total. The van der Waals surface area contributed by atoms with Gasteiger partial charge in [-0.3, -0.25) is 0 Å². The van der Waals surface area contributed by atoms with Crippen LogP contribution in [0.25, 0.3) is 0 Å². The van der Waals surface area contributed by atoms with Crippen molar-refractivity contribution in [1.29, 1.82) is 0 Å². The molecule has 0 aromatic carbocycles. The number of hydrogen-bond donors (Lipinski definition) is 1. The highest BCUT2D eigenvalue weighted by molar-refractivity contribution is 7.91. The minimum Gasteiger partial charge on any atom is -0.444 e. The monoisotopic (exact) mass is 332 g/mol. The molecule has 1 aliphatic rings. The van der Waals surface area contributed by atoms with Gasteiger partial charge in [0, 0.05) is 19.1 Å². The van der Waals surface area contributed by atoms with Gasteiger partial charge < -0.3 is 9.64 Å². The molecular weight excluding hydrogens is 312 g/mol. The van der Waals surface area contributed by atoms with E-state index in [0.29, 0.717) is 23.7 Å². The van der Waals surface area contributed by atoms with Crippen LogP contribution in [0.5, 0.6) is 0 Å². The quantitative estimate of drug-likeness (QED) is 0.919. The highest BCUT2D eigenvalue weighted by atomic mass is 32.2. The fraction of sp³-hybridized carbons (Fsp3) is 0.615. The molecule has 0 bridgehead atoms. The lowest BCUT2D eigenvalue weighted by atomic mass is 10.2. The van der Waals surface area contributed by atoms with Crippen LogP contribution >= 0.6 is 11.3 Å². The van der Waals surface area contributed by atoms with E-state index >= 15 is 0 Å². The summed E-state index contributed by atoms with van der Waals surface area (Å²) in [4.78, 5) is 13.5. The fourth-order valence-corrected chi connectivity index (χ4v) is 4.31. The number of ether oxygens (including phenoxy) is 1. The molecule has 0 saturated carbocycles. The van der Waals surface area contributed by atoms with Crippen molar-refractivity contribution in [3.8, 4) is 0 Å². The third-order valence-corrected chi connectivity index (χ3v) is 5.84. The molecule has 0 spiro atoms. The van der Waals surface area contributed by atoms with Crippen LogP contribution < -0.4 is 4.72 Å². The third-order valence-electron chi connectivity index (χ3n) is 2.92. The van der Waals surface area contributed by atoms with Crippen molar-refractivity contribution < 1.29 is 17.9 Å². The fourth-order valence-electron chi connectivity index (χ4n) is 2.04. The molecule has 21 heavy (non-hydrogen) atoms. The van der Waals surface area contributed by atoms with E-state index in [1.165, 1.54) is 16.2 Å². The predicted molar refractivity (Wildman–Crippen MR) is 80.9 cm³/mol. The molecule has 2 rings (SSSR count). The van der Waals surface area contributed by atoms with Gasteiger partial charge in [0.1, 0.15) is 9.81 Å². The zero-order valence-electron chi connectivity index (χ0n) is 12.3. The van der Waals surface area contributed by atoms with Crippen LogP contribution in [-0.2, 0) is 14.8 Å². The molecular formula is C13H20N2O4S2. The van der Waals surface area contributed by atoms with Crippen LogP contribution in [0, 0.1) is 0 Å². The maximum atomic E-state index is 12.1. The number of rotatable bonds is 3. The summed E-state index contributed by atoms with van der Waals surface area (Å²) in [6, 6.07) is 2.98. The Balaban J connectivity index is 1.93. The highest BCUT2D eigenvalue weighted by Gasteiger charge is 2.32. The lowest BCUT2D eigenvalue weighted by Crippen LogP contribution is -2.40. The second-order valence-corrected chi connectivity index (χ2v) is 8.85. The Kier molecular flexibility index (Phi) is 4.60. The molecule has 6 nitrogen and oxygen atoms in total. The van der Waals surface area contributed by atoms with E-state index in [0.717, 1.165) is 0 Å².